The van der Waals surface area contributed by atoms with Gasteiger partial charge in [-0.15, -0.1) is 9.60 Å². The largest absolute Gasteiger partial charge is 0.490 e. The number of hydrogen-bond donors (Lipinski definition) is 1. The van der Waals surface area contributed by atoms with Gasteiger partial charge in [0.2, 0.25) is 0 Å². The fraction of sp³-hybridized carbons (Fsp3) is 0.529. The number of nitrogens with zero attached hydrogens (tertiary/aromatic N) is 3. The quantitative estimate of drug-likeness (QED) is 0.138. The molecule has 0 saturated heterocycles. The molecule has 0 saturated carbocycles. The van der Waals surface area contributed by atoms with E-state index in [1.165, 1.54) is 19.9 Å². The standard InChI is InChI=1S/C26H33FN4O3.C4H10.2C2H6/c1-18-8-6-7-9-23(18)31-13-12-29-24(31)21-11-10-20(16-22(21)26(3,4)30(5)27)33-14-15-34-25(32)19(2)17-28;1-3-4-2;2*1-2/h6-13,16,19H,14-15,17,28H2,1-5H3;3-4H2,1-2H3;2*1-2H3. The summed E-state index contributed by atoms with van der Waals surface area (Å²) in [5.74, 6) is 0.537. The molecule has 236 valence electrons. The zero-order chi connectivity index (χ0) is 32.3. The predicted octanol–water partition coefficient (Wildman–Crippen LogP) is 8.27. The average molecular weight is 587 g/mol. The Kier molecular flexibility index (Phi) is 19.0. The molecule has 42 heavy (non-hydrogen) atoms. The molecule has 1 heterocycles. The minimum Gasteiger partial charge on any atom is -0.490 e. The summed E-state index contributed by atoms with van der Waals surface area (Å²) in [5, 5.41) is 0.673. The zero-order valence-corrected chi connectivity index (χ0v) is 27.8. The predicted molar refractivity (Wildman–Crippen MR) is 174 cm³/mol. The van der Waals surface area contributed by atoms with Gasteiger partial charge in [0.05, 0.1) is 11.5 Å². The SMILES string of the molecule is CC.CC.CCCC.Cc1ccccc1-n1ccnc1-c1ccc(OCCOC(=O)C(C)CN)cc1C(C)(C)N(C)F. The normalized spacial score (nSPS) is 11.2. The maximum atomic E-state index is 14.6. The third kappa shape index (κ3) is 11.2. The van der Waals surface area contributed by atoms with Crippen molar-refractivity contribution < 1.29 is 18.7 Å². The molecule has 2 N–H and O–H groups in total. The maximum Gasteiger partial charge on any atom is 0.310 e. The van der Waals surface area contributed by atoms with Gasteiger partial charge in [-0.25, -0.2) is 4.98 Å². The Morgan fingerprint density at radius 1 is 1.07 bits per heavy atom. The molecule has 0 radical (unpaired) electrons. The van der Waals surface area contributed by atoms with Crippen molar-refractivity contribution in [2.75, 3.05) is 26.8 Å². The van der Waals surface area contributed by atoms with E-state index in [0.717, 1.165) is 16.8 Å². The third-order valence-corrected chi connectivity index (χ3v) is 6.53. The molecule has 1 atom stereocenters. The highest BCUT2D eigenvalue weighted by molar-refractivity contribution is 5.72. The van der Waals surface area contributed by atoms with Crippen LogP contribution in [-0.4, -0.2) is 47.4 Å². The van der Waals surface area contributed by atoms with Crippen molar-refractivity contribution in [3.63, 3.8) is 0 Å². The summed E-state index contributed by atoms with van der Waals surface area (Å²) in [7, 11) is 1.39. The number of hydrogen-bond acceptors (Lipinski definition) is 6. The van der Waals surface area contributed by atoms with Gasteiger partial charge < -0.3 is 15.2 Å². The Bertz CT molecular complexity index is 1160. The summed E-state index contributed by atoms with van der Waals surface area (Å²) in [6.45, 7) is 20.2. The van der Waals surface area contributed by atoms with E-state index in [-0.39, 0.29) is 31.6 Å². The van der Waals surface area contributed by atoms with Crippen LogP contribution in [0.2, 0.25) is 0 Å². The number of rotatable bonds is 11. The number of carbonyl (C=O) groups excluding carboxylic acids is 1. The summed E-state index contributed by atoms with van der Waals surface area (Å²) in [4.78, 5) is 16.4. The molecule has 0 aliphatic heterocycles. The lowest BCUT2D eigenvalue weighted by atomic mass is 9.89. The van der Waals surface area contributed by atoms with Gasteiger partial charge in [0.25, 0.3) is 0 Å². The summed E-state index contributed by atoms with van der Waals surface area (Å²) in [5.41, 5.74) is 8.13. The highest BCUT2D eigenvalue weighted by atomic mass is 19.2. The second kappa shape index (κ2) is 20.6. The first-order valence-electron chi connectivity index (χ1n) is 15.2. The highest BCUT2D eigenvalue weighted by Crippen LogP contribution is 2.38. The van der Waals surface area contributed by atoms with Gasteiger partial charge in [-0.3, -0.25) is 9.36 Å². The van der Waals surface area contributed by atoms with Crippen molar-refractivity contribution in [1.82, 2.24) is 14.7 Å². The van der Waals surface area contributed by atoms with Gasteiger partial charge >= 0.3 is 5.97 Å². The number of halogens is 1. The zero-order valence-electron chi connectivity index (χ0n) is 27.8. The number of imidazole rings is 1. The molecular weight excluding hydrogens is 531 g/mol. The maximum absolute atomic E-state index is 14.6. The van der Waals surface area contributed by atoms with Gasteiger partial charge in [0.15, 0.2) is 0 Å². The van der Waals surface area contributed by atoms with Crippen LogP contribution in [0.5, 0.6) is 5.75 Å². The van der Waals surface area contributed by atoms with E-state index in [9.17, 15) is 9.28 Å². The number of para-hydroxylation sites is 1. The van der Waals surface area contributed by atoms with Crippen molar-refractivity contribution >= 4 is 5.97 Å². The van der Waals surface area contributed by atoms with Crippen molar-refractivity contribution in [1.29, 1.82) is 0 Å². The molecule has 0 aliphatic carbocycles. The van der Waals surface area contributed by atoms with Crippen molar-refractivity contribution in [3.05, 3.63) is 66.0 Å². The van der Waals surface area contributed by atoms with Crippen LogP contribution in [-0.2, 0) is 15.1 Å². The Balaban J connectivity index is 0.00000190. The molecule has 0 fully saturated rings. The number of aromatic nitrogens is 2. The van der Waals surface area contributed by atoms with Gasteiger partial charge in [0.1, 0.15) is 24.8 Å². The van der Waals surface area contributed by atoms with Crippen LogP contribution in [0.1, 0.15) is 86.3 Å². The second-order valence-electron chi connectivity index (χ2n) is 9.80. The average Bonchev–Trinajstić information content (AvgIpc) is 3.50. The first kappa shape index (κ1) is 38.8. The van der Waals surface area contributed by atoms with E-state index in [1.807, 2.05) is 87.8 Å². The van der Waals surface area contributed by atoms with Crippen molar-refractivity contribution in [3.8, 4) is 22.8 Å². The number of unbranched alkanes of at least 4 members (excludes halogenated alkanes) is 1. The molecule has 0 aliphatic rings. The molecule has 1 aromatic heterocycles. The van der Waals surface area contributed by atoms with E-state index < -0.39 is 5.54 Å². The Morgan fingerprint density at radius 3 is 2.24 bits per heavy atom. The minimum absolute atomic E-state index is 0.102. The number of nitrogens with two attached hydrogens (primary N) is 1. The van der Waals surface area contributed by atoms with E-state index in [0.29, 0.717) is 22.3 Å². The first-order chi connectivity index (χ1) is 20.1. The van der Waals surface area contributed by atoms with Crippen LogP contribution in [0, 0.1) is 12.8 Å². The Labute approximate surface area is 254 Å². The summed E-state index contributed by atoms with van der Waals surface area (Å²) in [6.07, 6.45) is 6.27. The minimum atomic E-state index is -0.958. The number of esters is 1. The number of carbonyl (C=O) groups is 1. The van der Waals surface area contributed by atoms with Gasteiger partial charge in [-0.05, 0) is 56.2 Å². The molecule has 0 spiro atoms. The molecule has 2 aromatic carbocycles. The lowest BCUT2D eigenvalue weighted by Crippen LogP contribution is -2.33. The van der Waals surface area contributed by atoms with Crippen LogP contribution in [0.15, 0.2) is 54.9 Å². The molecule has 3 rings (SSSR count). The van der Waals surface area contributed by atoms with Crippen LogP contribution >= 0.6 is 0 Å². The molecule has 0 bridgehead atoms. The fourth-order valence-corrected chi connectivity index (χ4v) is 3.55. The summed E-state index contributed by atoms with van der Waals surface area (Å²) < 4.78 is 27.6. The molecule has 8 heteroatoms. The summed E-state index contributed by atoms with van der Waals surface area (Å²) >= 11 is 0. The smallest absolute Gasteiger partial charge is 0.310 e. The van der Waals surface area contributed by atoms with E-state index in [2.05, 4.69) is 18.8 Å². The van der Waals surface area contributed by atoms with E-state index in [1.54, 1.807) is 27.0 Å². The number of benzene rings is 2. The Morgan fingerprint density at radius 2 is 1.69 bits per heavy atom. The lowest BCUT2D eigenvalue weighted by molar-refractivity contribution is -0.148. The number of aryl methyl sites for hydroxylation is 1. The number of ether oxygens (including phenoxy) is 2. The van der Waals surface area contributed by atoms with Crippen LogP contribution < -0.4 is 10.5 Å². The van der Waals surface area contributed by atoms with Crippen molar-refractivity contribution in [2.24, 2.45) is 11.7 Å². The van der Waals surface area contributed by atoms with Crippen LogP contribution in [0.25, 0.3) is 17.1 Å². The van der Waals surface area contributed by atoms with Gasteiger partial charge in [-0.1, -0.05) is 79.5 Å². The fourth-order valence-electron chi connectivity index (χ4n) is 3.55. The van der Waals surface area contributed by atoms with Crippen LogP contribution in [0.3, 0.4) is 0 Å². The molecule has 0 amide bonds. The second-order valence-corrected chi connectivity index (χ2v) is 9.80. The van der Waals surface area contributed by atoms with Gasteiger partial charge in [0, 0.05) is 37.2 Å². The summed E-state index contributed by atoms with van der Waals surface area (Å²) in [6, 6.07) is 13.5. The third-order valence-electron chi connectivity index (χ3n) is 6.53. The molecule has 3 aromatic rings. The van der Waals surface area contributed by atoms with Gasteiger partial charge in [-0.2, -0.15) is 0 Å². The van der Waals surface area contributed by atoms with E-state index in [4.69, 9.17) is 15.2 Å². The van der Waals surface area contributed by atoms with E-state index >= 15 is 0 Å². The topological polar surface area (TPSA) is 82.6 Å². The molecule has 1 unspecified atom stereocenters. The highest BCUT2D eigenvalue weighted by Gasteiger charge is 2.31. The van der Waals surface area contributed by atoms with Crippen molar-refractivity contribution in [2.45, 2.75) is 87.6 Å². The molecule has 7 nitrogen and oxygen atoms in total. The monoisotopic (exact) mass is 586 g/mol. The lowest BCUT2D eigenvalue weighted by Gasteiger charge is -2.31. The molecular formula is C34H55FN4O3. The first-order valence-corrected chi connectivity index (χ1v) is 15.2. The van der Waals surface area contributed by atoms with Crippen LogP contribution in [0.4, 0.5) is 4.48 Å². The Hall–Kier alpha value is -3.23.